The Bertz CT molecular complexity index is 735. The van der Waals surface area contributed by atoms with Gasteiger partial charge in [0.2, 0.25) is 0 Å². The summed E-state index contributed by atoms with van der Waals surface area (Å²) in [5.41, 5.74) is 3.31. The molecular formula is C23H32O4. The summed E-state index contributed by atoms with van der Waals surface area (Å²) in [6.07, 6.45) is 11.9. The third kappa shape index (κ3) is 7.73. The minimum Gasteiger partial charge on any atom is -0.507 e. The molecule has 0 aliphatic heterocycles. The van der Waals surface area contributed by atoms with Gasteiger partial charge in [0.1, 0.15) is 5.75 Å². The van der Waals surface area contributed by atoms with Crippen LogP contribution in [-0.2, 0) is 11.2 Å². The maximum Gasteiger partial charge on any atom is 0.308 e. The smallest absolute Gasteiger partial charge is 0.308 e. The summed E-state index contributed by atoms with van der Waals surface area (Å²) < 4.78 is 5.23. The van der Waals surface area contributed by atoms with E-state index in [9.17, 15) is 15.0 Å². The number of esters is 1. The van der Waals surface area contributed by atoms with Crippen LogP contribution < -0.4 is 4.74 Å². The number of hydrogen-bond donors (Lipinski definition) is 2. The van der Waals surface area contributed by atoms with Crippen molar-refractivity contribution in [1.29, 1.82) is 0 Å². The molecule has 1 aromatic rings. The first-order valence-corrected chi connectivity index (χ1v) is 9.48. The molecule has 0 aromatic heterocycles. The van der Waals surface area contributed by atoms with Crippen molar-refractivity contribution in [2.75, 3.05) is 0 Å². The van der Waals surface area contributed by atoms with Gasteiger partial charge in [0.25, 0.3) is 0 Å². The van der Waals surface area contributed by atoms with Crippen LogP contribution in [0, 0.1) is 0 Å². The van der Waals surface area contributed by atoms with Gasteiger partial charge < -0.3 is 14.9 Å². The molecule has 0 saturated heterocycles. The van der Waals surface area contributed by atoms with E-state index in [2.05, 4.69) is 26.8 Å². The van der Waals surface area contributed by atoms with Crippen molar-refractivity contribution in [3.8, 4) is 17.2 Å². The number of hydrogen-bond acceptors (Lipinski definition) is 4. The van der Waals surface area contributed by atoms with E-state index in [0.29, 0.717) is 17.5 Å². The van der Waals surface area contributed by atoms with Gasteiger partial charge in [-0.05, 0) is 52.5 Å². The molecule has 0 radical (unpaired) electrons. The monoisotopic (exact) mass is 372 g/mol. The van der Waals surface area contributed by atoms with Crippen LogP contribution in [0.1, 0.15) is 71.4 Å². The number of unbranched alkanes of at least 4 members (excludes halogenated alkanes) is 1. The predicted molar refractivity (Wildman–Crippen MR) is 111 cm³/mol. The van der Waals surface area contributed by atoms with Crippen molar-refractivity contribution < 1.29 is 19.7 Å². The van der Waals surface area contributed by atoms with Crippen LogP contribution in [0.2, 0.25) is 0 Å². The van der Waals surface area contributed by atoms with Crippen molar-refractivity contribution in [2.24, 2.45) is 0 Å². The van der Waals surface area contributed by atoms with Crippen LogP contribution in [0.15, 0.2) is 35.4 Å². The molecule has 27 heavy (non-hydrogen) atoms. The number of phenolic OH excluding ortho intramolecular Hbond substituents is 2. The Labute approximate surface area is 162 Å². The van der Waals surface area contributed by atoms with Crippen molar-refractivity contribution in [3.05, 3.63) is 46.6 Å². The Morgan fingerprint density at radius 2 is 1.81 bits per heavy atom. The zero-order valence-electron chi connectivity index (χ0n) is 17.1. The first kappa shape index (κ1) is 22.6. The summed E-state index contributed by atoms with van der Waals surface area (Å²) in [6, 6.07) is 1.51. The number of benzene rings is 1. The van der Waals surface area contributed by atoms with Crippen LogP contribution in [0.3, 0.4) is 0 Å². The summed E-state index contributed by atoms with van der Waals surface area (Å²) in [5, 5.41) is 21.0. The van der Waals surface area contributed by atoms with Gasteiger partial charge in [0.05, 0.1) is 0 Å². The molecule has 0 heterocycles. The summed E-state index contributed by atoms with van der Waals surface area (Å²) >= 11 is 0. The third-order valence-corrected chi connectivity index (χ3v) is 4.11. The Morgan fingerprint density at radius 1 is 1.11 bits per heavy atom. The fraction of sp³-hybridized carbons (Fsp3) is 0.435. The number of allylic oxidation sites excluding steroid dienone is 5. The minimum absolute atomic E-state index is 0.00791. The van der Waals surface area contributed by atoms with Crippen molar-refractivity contribution in [3.63, 3.8) is 0 Å². The van der Waals surface area contributed by atoms with E-state index >= 15 is 0 Å². The van der Waals surface area contributed by atoms with E-state index in [0.717, 1.165) is 25.7 Å². The summed E-state index contributed by atoms with van der Waals surface area (Å²) in [4.78, 5) is 11.5. The average molecular weight is 373 g/mol. The zero-order valence-corrected chi connectivity index (χ0v) is 17.1. The summed E-state index contributed by atoms with van der Waals surface area (Å²) in [6.45, 7) is 9.51. The van der Waals surface area contributed by atoms with Gasteiger partial charge in [-0.3, -0.25) is 4.79 Å². The van der Waals surface area contributed by atoms with Gasteiger partial charge in [0.15, 0.2) is 11.5 Å². The quantitative estimate of drug-likeness (QED) is 0.239. The minimum atomic E-state index is -0.537. The van der Waals surface area contributed by atoms with Crippen LogP contribution in [0.4, 0.5) is 0 Å². The molecule has 0 saturated carbocycles. The molecule has 4 heteroatoms. The zero-order chi connectivity index (χ0) is 20.4. The Kier molecular flexibility index (Phi) is 9.41. The second-order valence-electron chi connectivity index (χ2n) is 7.00. The molecule has 0 fully saturated rings. The molecule has 0 amide bonds. The standard InChI is InChI=1S/C23H32O4/c1-6-7-8-12-19-15-21(25)20(23(22(19)26)27-18(5)24)14-13-17(4)11-9-10-16(2)3/h8,10,12-13,15,25-26H,6-7,9,11,14H2,1-5H3. The van der Waals surface area contributed by atoms with E-state index in [-0.39, 0.29) is 17.2 Å². The van der Waals surface area contributed by atoms with Crippen LogP contribution in [-0.4, -0.2) is 16.2 Å². The van der Waals surface area contributed by atoms with Gasteiger partial charge in [-0.1, -0.05) is 48.8 Å². The second kappa shape index (κ2) is 11.3. The van der Waals surface area contributed by atoms with Crippen LogP contribution in [0.5, 0.6) is 17.2 Å². The molecule has 0 aliphatic carbocycles. The summed E-state index contributed by atoms with van der Waals surface area (Å²) in [5.74, 6) is -0.619. The van der Waals surface area contributed by atoms with E-state index in [4.69, 9.17) is 4.74 Å². The maximum atomic E-state index is 11.5. The third-order valence-electron chi connectivity index (χ3n) is 4.11. The van der Waals surface area contributed by atoms with Crippen molar-refractivity contribution in [2.45, 2.75) is 66.7 Å². The Balaban J connectivity index is 3.15. The number of carbonyl (C=O) groups excluding carboxylic acids is 1. The van der Waals surface area contributed by atoms with E-state index in [1.54, 1.807) is 6.08 Å². The molecule has 1 aromatic carbocycles. The molecule has 0 atom stereocenters. The van der Waals surface area contributed by atoms with Gasteiger partial charge >= 0.3 is 5.97 Å². The molecule has 148 valence electrons. The first-order valence-electron chi connectivity index (χ1n) is 9.48. The van der Waals surface area contributed by atoms with Gasteiger partial charge in [-0.2, -0.15) is 0 Å². The highest BCUT2D eigenvalue weighted by Gasteiger charge is 2.19. The largest absolute Gasteiger partial charge is 0.507 e. The Hall–Kier alpha value is -2.49. The number of phenols is 2. The van der Waals surface area contributed by atoms with E-state index in [1.165, 1.54) is 24.1 Å². The molecule has 0 spiro atoms. The van der Waals surface area contributed by atoms with E-state index < -0.39 is 5.97 Å². The molecule has 2 N–H and O–H groups in total. The SMILES string of the molecule is CCCC=Cc1cc(O)c(CC=C(C)CCC=C(C)C)c(OC(C)=O)c1O. The maximum absolute atomic E-state index is 11.5. The van der Waals surface area contributed by atoms with Crippen molar-refractivity contribution in [1.82, 2.24) is 0 Å². The normalized spacial score (nSPS) is 11.7. The number of rotatable bonds is 9. The summed E-state index contributed by atoms with van der Waals surface area (Å²) in [7, 11) is 0. The van der Waals surface area contributed by atoms with Crippen LogP contribution >= 0.6 is 0 Å². The fourth-order valence-electron chi connectivity index (χ4n) is 2.61. The molecule has 0 unspecified atom stereocenters. The van der Waals surface area contributed by atoms with Crippen molar-refractivity contribution >= 4 is 12.0 Å². The van der Waals surface area contributed by atoms with Crippen LogP contribution in [0.25, 0.3) is 6.08 Å². The van der Waals surface area contributed by atoms with Gasteiger partial charge in [-0.15, -0.1) is 0 Å². The number of ether oxygens (including phenoxy) is 1. The second-order valence-corrected chi connectivity index (χ2v) is 7.00. The lowest BCUT2D eigenvalue weighted by Gasteiger charge is -2.14. The number of carbonyl (C=O) groups is 1. The molecule has 4 nitrogen and oxygen atoms in total. The highest BCUT2D eigenvalue weighted by atomic mass is 16.5. The molecule has 1 rings (SSSR count). The highest BCUT2D eigenvalue weighted by Crippen LogP contribution is 2.41. The topological polar surface area (TPSA) is 66.8 Å². The first-order chi connectivity index (χ1) is 12.8. The molecule has 0 bridgehead atoms. The van der Waals surface area contributed by atoms with Gasteiger partial charge in [-0.25, -0.2) is 0 Å². The fourth-order valence-corrected chi connectivity index (χ4v) is 2.61. The lowest BCUT2D eigenvalue weighted by atomic mass is 10.0. The lowest BCUT2D eigenvalue weighted by Crippen LogP contribution is -2.05. The molecular weight excluding hydrogens is 340 g/mol. The Morgan fingerprint density at radius 3 is 2.41 bits per heavy atom. The van der Waals surface area contributed by atoms with E-state index in [1.807, 2.05) is 19.1 Å². The highest BCUT2D eigenvalue weighted by molar-refractivity contribution is 5.75. The molecule has 0 aliphatic rings. The lowest BCUT2D eigenvalue weighted by molar-refractivity contribution is -0.132. The number of aromatic hydroxyl groups is 2. The van der Waals surface area contributed by atoms with Gasteiger partial charge in [0, 0.05) is 18.1 Å². The average Bonchev–Trinajstić information content (AvgIpc) is 2.58. The predicted octanol–water partition coefficient (Wildman–Crippen LogP) is 6.07.